The topological polar surface area (TPSA) is 80.9 Å². The molecule has 0 heterocycles. The van der Waals surface area contributed by atoms with Gasteiger partial charge in [-0.2, -0.15) is 0 Å². The summed E-state index contributed by atoms with van der Waals surface area (Å²) < 4.78 is 0. The number of phenols is 4. The van der Waals surface area contributed by atoms with E-state index in [2.05, 4.69) is 75.3 Å². The highest BCUT2D eigenvalue weighted by molar-refractivity contribution is 5.33. The molecule has 0 saturated heterocycles. The number of rotatable bonds is 8. The zero-order valence-corrected chi connectivity index (χ0v) is 30.0. The molecule has 4 N–H and O–H groups in total. The maximum Gasteiger partial charge on any atom is 0.115 e. The first-order valence-electron chi connectivity index (χ1n) is 16.8. The van der Waals surface area contributed by atoms with E-state index in [-0.39, 0.29) is 10.8 Å². The molecule has 0 aromatic heterocycles. The van der Waals surface area contributed by atoms with Crippen molar-refractivity contribution in [3.05, 3.63) is 119 Å². The van der Waals surface area contributed by atoms with Crippen molar-refractivity contribution in [2.24, 2.45) is 0 Å². The zero-order chi connectivity index (χ0) is 34.9. The maximum absolute atomic E-state index is 9.27. The van der Waals surface area contributed by atoms with Crippen molar-refractivity contribution in [3.63, 3.8) is 0 Å². The summed E-state index contributed by atoms with van der Waals surface area (Å²) >= 11 is 0. The van der Waals surface area contributed by atoms with E-state index in [0.717, 1.165) is 25.7 Å². The van der Waals surface area contributed by atoms with E-state index in [9.17, 15) is 5.11 Å². The van der Waals surface area contributed by atoms with Crippen molar-refractivity contribution in [3.8, 4) is 23.0 Å². The van der Waals surface area contributed by atoms with E-state index in [0.29, 0.717) is 34.8 Å². The molecule has 0 bridgehead atoms. The van der Waals surface area contributed by atoms with Gasteiger partial charge in [0.15, 0.2) is 0 Å². The molecule has 2 unspecified atom stereocenters. The van der Waals surface area contributed by atoms with Gasteiger partial charge in [0, 0.05) is 0 Å². The molecule has 4 nitrogen and oxygen atoms in total. The molecule has 0 aliphatic carbocycles. The molecule has 4 aromatic carbocycles. The Hall–Kier alpha value is -3.92. The third-order valence-corrected chi connectivity index (χ3v) is 9.17. The first-order chi connectivity index (χ1) is 21.6. The third kappa shape index (κ3) is 14.0. The van der Waals surface area contributed by atoms with Crippen molar-refractivity contribution >= 4 is 0 Å². The van der Waals surface area contributed by atoms with Gasteiger partial charge in [-0.25, -0.2) is 0 Å². The summed E-state index contributed by atoms with van der Waals surface area (Å²) in [4.78, 5) is 0. The minimum absolute atomic E-state index is 0.165. The van der Waals surface area contributed by atoms with E-state index in [1.54, 1.807) is 36.4 Å². The van der Waals surface area contributed by atoms with E-state index in [1.807, 2.05) is 54.6 Å². The van der Waals surface area contributed by atoms with Crippen LogP contribution in [0, 0.1) is 0 Å². The minimum Gasteiger partial charge on any atom is -0.508 e. The summed E-state index contributed by atoms with van der Waals surface area (Å²) in [5, 5.41) is 36.5. The standard InChI is InChI=1S/2C11H16O.2C10H14O/c1-4-11(2,3)9-5-7-10(12)8-6-9;1-4-11(2,3)9-6-5-7-10(12)8-9;1-3-8(2)9-4-6-10(11)7-5-9;1-3-8(2)9-5-4-6-10(11)7-9/h2*5-8,12H,4H2,1-3H3;2*4-8,11H,3H2,1-2H3. The highest BCUT2D eigenvalue weighted by atomic mass is 16.3. The molecule has 4 aromatic rings. The summed E-state index contributed by atoms with van der Waals surface area (Å²) in [5.74, 6) is 2.54. The lowest BCUT2D eigenvalue weighted by molar-refractivity contribution is 0.464. The van der Waals surface area contributed by atoms with Crippen LogP contribution in [0.5, 0.6) is 23.0 Å². The fourth-order valence-electron chi connectivity index (χ4n) is 4.35. The van der Waals surface area contributed by atoms with Crippen molar-refractivity contribution in [2.45, 2.75) is 118 Å². The SMILES string of the molecule is CCC(C)(C)c1ccc(O)cc1.CCC(C)(C)c1cccc(O)c1.CCC(C)c1ccc(O)cc1.CCC(C)c1cccc(O)c1. The van der Waals surface area contributed by atoms with Crippen LogP contribution in [0.25, 0.3) is 0 Å². The Morgan fingerprint density at radius 2 is 0.870 bits per heavy atom. The Labute approximate surface area is 279 Å². The predicted molar refractivity (Wildman–Crippen MR) is 196 cm³/mol. The van der Waals surface area contributed by atoms with Gasteiger partial charge in [0.05, 0.1) is 0 Å². The van der Waals surface area contributed by atoms with Crippen LogP contribution >= 0.6 is 0 Å². The number of aromatic hydroxyl groups is 4. The van der Waals surface area contributed by atoms with Crippen LogP contribution in [0.3, 0.4) is 0 Å². The quantitative estimate of drug-likeness (QED) is 0.156. The Morgan fingerprint density at radius 3 is 1.30 bits per heavy atom. The molecular weight excluding hydrogens is 568 g/mol. The van der Waals surface area contributed by atoms with Crippen LogP contribution < -0.4 is 0 Å². The molecule has 4 heteroatoms. The fourth-order valence-corrected chi connectivity index (χ4v) is 4.35. The number of phenolic OH excluding ortho intramolecular Hbond substituents is 4. The Morgan fingerprint density at radius 1 is 0.457 bits per heavy atom. The molecule has 0 spiro atoms. The molecule has 252 valence electrons. The van der Waals surface area contributed by atoms with E-state index >= 15 is 0 Å². The average Bonchev–Trinajstić information content (AvgIpc) is 3.05. The monoisotopic (exact) mass is 628 g/mol. The Balaban J connectivity index is 0.000000307. The first-order valence-corrected chi connectivity index (χ1v) is 16.8. The highest BCUT2D eigenvalue weighted by Crippen LogP contribution is 2.29. The fraction of sp³-hybridized carbons (Fsp3) is 0.429. The van der Waals surface area contributed by atoms with Gasteiger partial charge < -0.3 is 20.4 Å². The molecule has 46 heavy (non-hydrogen) atoms. The molecule has 0 aliphatic heterocycles. The second kappa shape index (κ2) is 19.6. The van der Waals surface area contributed by atoms with E-state index in [1.165, 1.54) is 22.3 Å². The zero-order valence-electron chi connectivity index (χ0n) is 30.0. The van der Waals surface area contributed by atoms with Gasteiger partial charge >= 0.3 is 0 Å². The summed E-state index contributed by atoms with van der Waals surface area (Å²) in [6, 6.07) is 29.8. The largest absolute Gasteiger partial charge is 0.508 e. The van der Waals surface area contributed by atoms with Gasteiger partial charge in [0.25, 0.3) is 0 Å². The van der Waals surface area contributed by atoms with Gasteiger partial charge in [0.1, 0.15) is 23.0 Å². The van der Waals surface area contributed by atoms with Crippen LogP contribution in [0.15, 0.2) is 97.1 Å². The van der Waals surface area contributed by atoms with Crippen LogP contribution in [0.1, 0.15) is 129 Å². The van der Waals surface area contributed by atoms with Gasteiger partial charge in [-0.15, -0.1) is 0 Å². The van der Waals surface area contributed by atoms with Gasteiger partial charge in [-0.1, -0.05) is 118 Å². The van der Waals surface area contributed by atoms with Crippen LogP contribution in [0.4, 0.5) is 0 Å². The lowest BCUT2D eigenvalue weighted by atomic mass is 9.82. The summed E-state index contributed by atoms with van der Waals surface area (Å²) in [7, 11) is 0. The molecule has 0 saturated carbocycles. The van der Waals surface area contributed by atoms with Crippen molar-refractivity contribution in [2.75, 3.05) is 0 Å². The number of benzene rings is 4. The Kier molecular flexibility index (Phi) is 17.1. The first kappa shape index (κ1) is 40.1. The molecule has 0 amide bonds. The minimum atomic E-state index is 0.165. The van der Waals surface area contributed by atoms with Crippen molar-refractivity contribution in [1.29, 1.82) is 0 Å². The maximum atomic E-state index is 9.27. The van der Waals surface area contributed by atoms with E-state index in [4.69, 9.17) is 15.3 Å². The highest BCUT2D eigenvalue weighted by Gasteiger charge is 2.18. The third-order valence-electron chi connectivity index (χ3n) is 9.17. The summed E-state index contributed by atoms with van der Waals surface area (Å²) in [6.07, 6.45) is 4.45. The molecule has 4 rings (SSSR count). The normalized spacial score (nSPS) is 12.2. The van der Waals surface area contributed by atoms with Crippen molar-refractivity contribution < 1.29 is 20.4 Å². The molecule has 0 aliphatic rings. The van der Waals surface area contributed by atoms with Crippen LogP contribution in [-0.2, 0) is 10.8 Å². The van der Waals surface area contributed by atoms with Crippen LogP contribution in [0.2, 0.25) is 0 Å². The second-order valence-corrected chi connectivity index (χ2v) is 13.4. The second-order valence-electron chi connectivity index (χ2n) is 13.4. The van der Waals surface area contributed by atoms with Gasteiger partial charge in [-0.3, -0.25) is 0 Å². The number of hydrogen-bond acceptors (Lipinski definition) is 4. The number of hydrogen-bond donors (Lipinski definition) is 4. The van der Waals surface area contributed by atoms with Gasteiger partial charge in [0.2, 0.25) is 0 Å². The van der Waals surface area contributed by atoms with Crippen LogP contribution in [-0.4, -0.2) is 20.4 Å². The molecule has 2 atom stereocenters. The Bertz CT molecular complexity index is 1390. The average molecular weight is 629 g/mol. The lowest BCUT2D eigenvalue weighted by Crippen LogP contribution is -2.14. The lowest BCUT2D eigenvalue weighted by Gasteiger charge is -2.23. The van der Waals surface area contributed by atoms with Gasteiger partial charge in [-0.05, 0) is 119 Å². The molecule has 0 fully saturated rings. The predicted octanol–water partition coefficient (Wildman–Crippen LogP) is 12.0. The molecule has 0 radical (unpaired) electrons. The molecular formula is C42H60O4. The summed E-state index contributed by atoms with van der Waals surface area (Å²) in [5.41, 5.74) is 5.37. The summed E-state index contributed by atoms with van der Waals surface area (Å²) in [6.45, 7) is 21.8. The van der Waals surface area contributed by atoms with Crippen molar-refractivity contribution in [1.82, 2.24) is 0 Å². The smallest absolute Gasteiger partial charge is 0.115 e. The van der Waals surface area contributed by atoms with E-state index < -0.39 is 0 Å².